The van der Waals surface area contributed by atoms with Gasteiger partial charge in [0.2, 0.25) is 11.8 Å². The first-order valence-electron chi connectivity index (χ1n) is 32.6. The molecule has 0 aromatic rings. The number of Topliss-reactive ketones (excluding diaryl/α,β-unsaturated/α-hetero) is 2. The van der Waals surface area contributed by atoms with Crippen LogP contribution >= 0.6 is 15.6 Å². The van der Waals surface area contributed by atoms with Gasteiger partial charge in [-0.2, -0.15) is 0 Å². The molecule has 4 amide bonds. The predicted molar refractivity (Wildman–Crippen MR) is 331 cm³/mol. The number of nitrogens with one attached hydrogen (secondary N) is 4. The third-order valence-corrected chi connectivity index (χ3v) is 15.9. The van der Waals surface area contributed by atoms with Gasteiger partial charge in [0.05, 0.1) is 77.8 Å². The lowest BCUT2D eigenvalue weighted by molar-refractivity contribution is -0.149. The standard InChI is InChI=1S/C61H116N4O19P2/c1-7-10-13-16-19-22-25-28-31-34-56(67)45-58(69)64-54(47-77-41-37-51(4)83-53(6)66)49-81-85(73,74)79-43-39-62-61(72)63-40-44-80-86(75,76)82-50-55(65-59(70)46-57(68)35-32-29-26-23-20-17-14-11-8-2)48-78-42-38-52(5)84-60(71)36-33-30-27-24-21-18-15-12-9-3/h51-52,54-55H,7-50H2,1-6H3,(H,64,69)(H,65,70)(H,73,74)(H,75,76)(H2,62,63,72)/t51-,52-,54-,55-/m1/s1. The number of phosphoric acid groups is 2. The Hall–Kier alpha value is -3.37. The summed E-state index contributed by atoms with van der Waals surface area (Å²) >= 11 is 0. The molecule has 0 heterocycles. The van der Waals surface area contributed by atoms with Crippen LogP contribution in [0.5, 0.6) is 0 Å². The van der Waals surface area contributed by atoms with E-state index in [2.05, 4.69) is 42.0 Å². The van der Waals surface area contributed by atoms with Crippen LogP contribution < -0.4 is 21.3 Å². The normalized spacial score (nSPS) is 14.2. The van der Waals surface area contributed by atoms with Crippen molar-refractivity contribution >= 4 is 57.0 Å². The average molecular weight is 1270 g/mol. The van der Waals surface area contributed by atoms with Crippen LogP contribution in [0, 0.1) is 0 Å². The van der Waals surface area contributed by atoms with Crippen LogP contribution in [0.25, 0.3) is 0 Å². The monoisotopic (exact) mass is 1270 g/mol. The highest BCUT2D eigenvalue weighted by Crippen LogP contribution is 2.43. The number of ketones is 2. The number of esters is 2. The maximum Gasteiger partial charge on any atom is 0.472 e. The zero-order valence-electron chi connectivity index (χ0n) is 53.7. The van der Waals surface area contributed by atoms with Crippen molar-refractivity contribution in [3.05, 3.63) is 0 Å². The number of hydrogen-bond acceptors (Lipinski definition) is 17. The van der Waals surface area contributed by atoms with Crippen LogP contribution in [0.1, 0.15) is 260 Å². The maximum absolute atomic E-state index is 13.0. The largest absolute Gasteiger partial charge is 0.472 e. The van der Waals surface area contributed by atoms with E-state index in [1.54, 1.807) is 13.8 Å². The molecule has 0 radical (unpaired) electrons. The van der Waals surface area contributed by atoms with Gasteiger partial charge in [-0.25, -0.2) is 13.9 Å². The number of phosphoric ester groups is 2. The summed E-state index contributed by atoms with van der Waals surface area (Å²) < 4.78 is 68.0. The van der Waals surface area contributed by atoms with Gasteiger partial charge < -0.3 is 50.0 Å². The fourth-order valence-electron chi connectivity index (χ4n) is 8.99. The van der Waals surface area contributed by atoms with Crippen LogP contribution in [0.2, 0.25) is 0 Å². The minimum Gasteiger partial charge on any atom is -0.463 e. The third kappa shape index (κ3) is 55.9. The molecule has 2 unspecified atom stereocenters. The zero-order valence-corrected chi connectivity index (χ0v) is 55.4. The van der Waals surface area contributed by atoms with Crippen LogP contribution in [0.15, 0.2) is 0 Å². The molecular formula is C61H116N4O19P2. The molecule has 0 aromatic heterocycles. The maximum atomic E-state index is 13.0. The van der Waals surface area contributed by atoms with E-state index in [-0.39, 0.29) is 82.7 Å². The molecular weight excluding hydrogens is 1150 g/mol. The molecule has 6 atom stereocenters. The minimum atomic E-state index is -4.76. The van der Waals surface area contributed by atoms with Gasteiger partial charge in [0, 0.05) is 52.1 Å². The highest BCUT2D eigenvalue weighted by molar-refractivity contribution is 7.47. The van der Waals surface area contributed by atoms with Crippen molar-refractivity contribution < 1.29 is 89.5 Å². The Labute approximate surface area is 516 Å². The van der Waals surface area contributed by atoms with Gasteiger partial charge in [-0.3, -0.25) is 46.9 Å². The summed E-state index contributed by atoms with van der Waals surface area (Å²) in [6, 6.07) is -2.73. The van der Waals surface area contributed by atoms with Gasteiger partial charge >= 0.3 is 33.6 Å². The average Bonchev–Trinajstić information content (AvgIpc) is 3.63. The molecule has 0 rings (SSSR count). The molecule has 0 aliphatic carbocycles. The second-order valence-corrected chi connectivity index (χ2v) is 25.4. The van der Waals surface area contributed by atoms with E-state index in [1.165, 1.54) is 103 Å². The van der Waals surface area contributed by atoms with Crippen molar-refractivity contribution in [2.24, 2.45) is 0 Å². The molecule has 0 fully saturated rings. The number of urea groups is 1. The van der Waals surface area contributed by atoms with Crippen molar-refractivity contribution in [1.29, 1.82) is 0 Å². The molecule has 0 aliphatic heterocycles. The number of amides is 4. The first kappa shape index (κ1) is 82.6. The van der Waals surface area contributed by atoms with Crippen molar-refractivity contribution in [2.75, 3.05) is 65.9 Å². The molecule has 25 heteroatoms. The smallest absolute Gasteiger partial charge is 0.463 e. The van der Waals surface area contributed by atoms with E-state index < -0.39 is 90.2 Å². The number of carbonyl (C=O) groups is 7. The van der Waals surface area contributed by atoms with E-state index in [9.17, 15) is 52.5 Å². The highest BCUT2D eigenvalue weighted by atomic mass is 31.2. The zero-order chi connectivity index (χ0) is 63.9. The molecule has 86 heavy (non-hydrogen) atoms. The lowest BCUT2D eigenvalue weighted by Gasteiger charge is -2.21. The van der Waals surface area contributed by atoms with Gasteiger partial charge in [0.15, 0.2) is 0 Å². The summed E-state index contributed by atoms with van der Waals surface area (Å²) in [5.74, 6) is -2.43. The van der Waals surface area contributed by atoms with Gasteiger partial charge in [0.25, 0.3) is 0 Å². The molecule has 0 saturated carbocycles. The summed E-state index contributed by atoms with van der Waals surface area (Å²) in [5, 5.41) is 10.0. The van der Waals surface area contributed by atoms with Gasteiger partial charge in [-0.1, -0.05) is 175 Å². The number of carbonyl (C=O) groups excluding carboxylic acids is 7. The Morgan fingerprint density at radius 1 is 0.419 bits per heavy atom. The molecule has 0 spiro atoms. The molecule has 0 aromatic carbocycles. The van der Waals surface area contributed by atoms with E-state index in [1.807, 2.05) is 0 Å². The second-order valence-electron chi connectivity index (χ2n) is 22.5. The van der Waals surface area contributed by atoms with Crippen molar-refractivity contribution in [3.8, 4) is 0 Å². The summed E-state index contributed by atoms with van der Waals surface area (Å²) in [5.41, 5.74) is 0. The summed E-state index contributed by atoms with van der Waals surface area (Å²) in [4.78, 5) is 108. The lowest BCUT2D eigenvalue weighted by atomic mass is 10.0. The van der Waals surface area contributed by atoms with Crippen LogP contribution in [-0.4, -0.2) is 141 Å². The van der Waals surface area contributed by atoms with Crippen molar-refractivity contribution in [2.45, 2.75) is 284 Å². The Kier molecular flexibility index (Phi) is 53.5. The van der Waals surface area contributed by atoms with E-state index in [0.29, 0.717) is 32.1 Å². The van der Waals surface area contributed by atoms with Crippen LogP contribution in [0.3, 0.4) is 0 Å². The number of unbranched alkanes of at least 4 members (excludes halogenated alkanes) is 24. The topological polar surface area (TPSA) is 316 Å². The van der Waals surface area contributed by atoms with E-state index in [0.717, 1.165) is 64.2 Å². The second kappa shape index (κ2) is 55.7. The van der Waals surface area contributed by atoms with E-state index in [4.69, 9.17) is 37.0 Å². The molecule has 0 bridgehead atoms. The van der Waals surface area contributed by atoms with Crippen molar-refractivity contribution in [3.63, 3.8) is 0 Å². The Bertz CT molecular complexity index is 1890. The fourth-order valence-corrected chi connectivity index (χ4v) is 10.5. The summed E-state index contributed by atoms with van der Waals surface area (Å²) in [6.07, 6.45) is 29.6. The van der Waals surface area contributed by atoms with E-state index >= 15 is 0 Å². The Morgan fingerprint density at radius 2 is 0.744 bits per heavy atom. The summed E-state index contributed by atoms with van der Waals surface area (Å²) in [7, 11) is -9.51. The molecule has 6 N–H and O–H groups in total. The number of hydrogen-bond donors (Lipinski definition) is 6. The third-order valence-electron chi connectivity index (χ3n) is 13.9. The fraction of sp³-hybridized carbons (Fsp3) is 0.885. The predicted octanol–water partition coefficient (Wildman–Crippen LogP) is 11.9. The Balaban J connectivity index is 5.08. The number of rotatable bonds is 62. The van der Waals surface area contributed by atoms with Crippen LogP contribution in [0.4, 0.5) is 4.79 Å². The molecule has 0 saturated heterocycles. The van der Waals surface area contributed by atoms with Gasteiger partial charge in [0.1, 0.15) is 23.8 Å². The Morgan fingerprint density at radius 3 is 1.09 bits per heavy atom. The van der Waals surface area contributed by atoms with Gasteiger partial charge in [-0.05, 0) is 33.1 Å². The first-order valence-corrected chi connectivity index (χ1v) is 35.6. The molecule has 23 nitrogen and oxygen atoms in total. The SMILES string of the molecule is CCCCCCCCCCCC(=O)CC(=O)N[C@H](COCC[C@@H](C)OC(C)=O)COP(=O)(O)OCCNC(=O)NCCOP(=O)(O)OC[C@@H](COCC[C@@H](C)OC(=O)CCCCCCCCCCC)NC(=O)CC(=O)CCCCCCCCCCC. The quantitative estimate of drug-likeness (QED) is 0.0143. The lowest BCUT2D eigenvalue weighted by Crippen LogP contribution is -2.42. The number of ether oxygens (including phenoxy) is 4. The van der Waals surface area contributed by atoms with Crippen molar-refractivity contribution in [1.82, 2.24) is 21.3 Å². The summed E-state index contributed by atoms with van der Waals surface area (Å²) in [6.45, 7) is 8.55. The van der Waals surface area contributed by atoms with Crippen LogP contribution in [-0.2, 0) is 74.9 Å². The van der Waals surface area contributed by atoms with Gasteiger partial charge in [-0.15, -0.1) is 0 Å². The molecule has 0 aliphatic rings. The highest BCUT2D eigenvalue weighted by Gasteiger charge is 2.27. The minimum absolute atomic E-state index is 0.114. The molecule has 504 valence electrons. The first-order chi connectivity index (χ1) is 41.2.